The van der Waals surface area contributed by atoms with Gasteiger partial charge in [-0.15, -0.1) is 11.3 Å². The Hall–Kier alpha value is -2.87. The van der Waals surface area contributed by atoms with Crippen LogP contribution in [0.4, 0.5) is 10.5 Å². The standard InChI is InChI=1S/C33H50N4O7S2/c1-23-20-37(24(2)22-38)32(39)28-19-27(35-46(41,42)31-14-10-18-45-31)15-16-29(28)44-25(3)11-8-9-17-43-30(23)21-36(4)33(40)34-26-12-6-5-7-13-26/h10,14-16,18-19,23-26,30,35,38H,5-9,11-13,17,20-22H2,1-4H3,(H,34,40)/t23-,24-,25+,30+/m0/s1. The molecule has 0 bridgehead atoms. The van der Waals surface area contributed by atoms with Crippen molar-refractivity contribution in [3.8, 4) is 5.75 Å². The van der Waals surface area contributed by atoms with E-state index < -0.39 is 22.0 Å². The number of rotatable bonds is 8. The Morgan fingerprint density at radius 2 is 1.87 bits per heavy atom. The quantitative estimate of drug-likeness (QED) is 0.344. The molecule has 3 N–H and O–H groups in total. The number of thiophene rings is 1. The van der Waals surface area contributed by atoms with E-state index in [0.717, 1.165) is 56.3 Å². The van der Waals surface area contributed by atoms with Gasteiger partial charge in [-0.3, -0.25) is 9.52 Å². The topological polar surface area (TPSA) is 138 Å². The Balaban J connectivity index is 1.60. The number of urea groups is 1. The maximum atomic E-state index is 14.3. The zero-order valence-electron chi connectivity index (χ0n) is 27.4. The van der Waals surface area contributed by atoms with Crippen LogP contribution in [0.2, 0.25) is 0 Å². The minimum Gasteiger partial charge on any atom is -0.490 e. The SMILES string of the molecule is C[C@@H]1CCCCO[C@H](CN(C)C(=O)NC2CCCCC2)[C@@H](C)CN([C@@H](C)CO)C(=O)c2cc(NS(=O)(=O)c3cccs3)ccc2O1. The molecule has 1 saturated carbocycles. The predicted molar refractivity (Wildman–Crippen MR) is 180 cm³/mol. The highest BCUT2D eigenvalue weighted by Gasteiger charge is 2.31. The summed E-state index contributed by atoms with van der Waals surface area (Å²) in [6.45, 7) is 6.51. The minimum absolute atomic E-state index is 0.129. The van der Waals surface area contributed by atoms with Crippen LogP contribution in [0, 0.1) is 5.92 Å². The molecule has 46 heavy (non-hydrogen) atoms. The molecule has 1 fully saturated rings. The number of carbonyl (C=O) groups excluding carboxylic acids is 2. The van der Waals surface area contributed by atoms with E-state index in [1.54, 1.807) is 47.4 Å². The Kier molecular flexibility index (Phi) is 13.1. The van der Waals surface area contributed by atoms with Gasteiger partial charge in [0.1, 0.15) is 9.96 Å². The summed E-state index contributed by atoms with van der Waals surface area (Å²) < 4.78 is 41.3. The largest absolute Gasteiger partial charge is 0.490 e. The molecule has 1 aliphatic heterocycles. The summed E-state index contributed by atoms with van der Waals surface area (Å²) in [4.78, 5) is 30.7. The van der Waals surface area contributed by atoms with E-state index in [1.807, 2.05) is 13.8 Å². The number of hydrogen-bond acceptors (Lipinski definition) is 8. The fraction of sp³-hybridized carbons (Fsp3) is 0.636. The summed E-state index contributed by atoms with van der Waals surface area (Å²) >= 11 is 1.10. The van der Waals surface area contributed by atoms with E-state index in [9.17, 15) is 23.1 Å². The summed E-state index contributed by atoms with van der Waals surface area (Å²) in [5, 5.41) is 15.0. The van der Waals surface area contributed by atoms with E-state index >= 15 is 0 Å². The zero-order chi connectivity index (χ0) is 33.3. The van der Waals surface area contributed by atoms with Crippen LogP contribution in [0.25, 0.3) is 0 Å². The number of nitrogens with one attached hydrogen (secondary N) is 2. The third kappa shape index (κ3) is 9.82. The number of likely N-dealkylation sites (N-methyl/N-ethyl adjacent to an activating group) is 1. The summed E-state index contributed by atoms with van der Waals surface area (Å²) in [6.07, 6.45) is 7.25. The van der Waals surface area contributed by atoms with E-state index in [-0.39, 0.29) is 58.8 Å². The van der Waals surface area contributed by atoms with Crippen molar-refractivity contribution in [2.45, 2.75) is 101 Å². The molecule has 13 heteroatoms. The number of fused-ring (bicyclic) bond motifs is 1. The summed E-state index contributed by atoms with van der Waals surface area (Å²) in [5.74, 6) is -0.245. The molecule has 1 aromatic carbocycles. The van der Waals surface area contributed by atoms with Crippen LogP contribution in [0.1, 0.15) is 82.5 Å². The predicted octanol–water partition coefficient (Wildman–Crippen LogP) is 5.32. The molecule has 1 aromatic heterocycles. The molecular weight excluding hydrogens is 629 g/mol. The number of hydrogen-bond donors (Lipinski definition) is 3. The molecule has 0 saturated heterocycles. The van der Waals surface area contributed by atoms with Crippen molar-refractivity contribution in [3.05, 3.63) is 41.3 Å². The van der Waals surface area contributed by atoms with Gasteiger partial charge >= 0.3 is 6.03 Å². The lowest BCUT2D eigenvalue weighted by Gasteiger charge is -2.36. The monoisotopic (exact) mass is 678 g/mol. The average molecular weight is 679 g/mol. The molecule has 2 heterocycles. The van der Waals surface area contributed by atoms with Crippen LogP contribution < -0.4 is 14.8 Å². The highest BCUT2D eigenvalue weighted by atomic mass is 32.2. The maximum Gasteiger partial charge on any atom is 0.317 e. The molecule has 0 unspecified atom stereocenters. The number of carbonyl (C=O) groups is 2. The summed E-state index contributed by atoms with van der Waals surface area (Å²) in [5.41, 5.74) is 0.429. The van der Waals surface area contributed by atoms with Gasteiger partial charge in [-0.1, -0.05) is 32.3 Å². The molecular formula is C33H50N4O7S2. The maximum absolute atomic E-state index is 14.3. The first kappa shape index (κ1) is 36.0. The van der Waals surface area contributed by atoms with Crippen LogP contribution in [0.3, 0.4) is 0 Å². The van der Waals surface area contributed by atoms with Gasteiger partial charge in [0, 0.05) is 44.4 Å². The fourth-order valence-electron chi connectivity index (χ4n) is 5.96. The number of sulfonamides is 1. The van der Waals surface area contributed by atoms with Crippen molar-refractivity contribution < 1.29 is 32.6 Å². The van der Waals surface area contributed by atoms with Crippen LogP contribution in [-0.4, -0.2) is 92.9 Å². The van der Waals surface area contributed by atoms with Crippen molar-refractivity contribution in [1.29, 1.82) is 0 Å². The highest BCUT2D eigenvalue weighted by Crippen LogP contribution is 2.30. The van der Waals surface area contributed by atoms with E-state index in [4.69, 9.17) is 9.47 Å². The normalized spacial score (nSPS) is 23.0. The van der Waals surface area contributed by atoms with Crippen LogP contribution in [0.5, 0.6) is 5.75 Å². The molecule has 256 valence electrons. The Labute approximate surface area is 277 Å². The summed E-state index contributed by atoms with van der Waals surface area (Å²) in [6, 6.07) is 7.41. The van der Waals surface area contributed by atoms with Gasteiger partial charge in [-0.05, 0) is 75.6 Å². The molecule has 2 aromatic rings. The van der Waals surface area contributed by atoms with Crippen molar-refractivity contribution in [3.63, 3.8) is 0 Å². The van der Waals surface area contributed by atoms with Crippen LogP contribution in [0.15, 0.2) is 39.9 Å². The lowest BCUT2D eigenvalue weighted by molar-refractivity contribution is -0.0123. The first-order valence-corrected chi connectivity index (χ1v) is 18.8. The van der Waals surface area contributed by atoms with Gasteiger partial charge in [0.25, 0.3) is 15.9 Å². The number of anilines is 1. The van der Waals surface area contributed by atoms with Crippen LogP contribution >= 0.6 is 11.3 Å². The van der Waals surface area contributed by atoms with Crippen LogP contribution in [-0.2, 0) is 14.8 Å². The molecule has 3 amide bonds. The van der Waals surface area contributed by atoms with E-state index in [2.05, 4.69) is 10.0 Å². The third-order valence-electron chi connectivity index (χ3n) is 8.80. The van der Waals surface area contributed by atoms with Gasteiger partial charge in [-0.2, -0.15) is 0 Å². The number of aliphatic hydroxyl groups is 1. The van der Waals surface area contributed by atoms with Gasteiger partial charge in [-0.25, -0.2) is 13.2 Å². The lowest BCUT2D eigenvalue weighted by Crippen LogP contribution is -2.50. The molecule has 4 atom stereocenters. The Bertz CT molecular complexity index is 1380. The zero-order valence-corrected chi connectivity index (χ0v) is 29.1. The highest BCUT2D eigenvalue weighted by molar-refractivity contribution is 7.94. The molecule has 0 spiro atoms. The Morgan fingerprint density at radius 3 is 2.57 bits per heavy atom. The fourth-order valence-corrected chi connectivity index (χ4v) is 8.00. The second-order valence-corrected chi connectivity index (χ2v) is 15.6. The number of aliphatic hydroxyl groups excluding tert-OH is 1. The molecule has 4 rings (SSSR count). The molecule has 2 aliphatic rings. The number of amides is 3. The van der Waals surface area contributed by atoms with E-state index in [0.29, 0.717) is 18.9 Å². The minimum atomic E-state index is -3.84. The first-order chi connectivity index (χ1) is 22.0. The smallest absolute Gasteiger partial charge is 0.317 e. The Morgan fingerprint density at radius 1 is 1.13 bits per heavy atom. The second-order valence-electron chi connectivity index (χ2n) is 12.7. The third-order valence-corrected chi connectivity index (χ3v) is 11.6. The average Bonchev–Trinajstić information content (AvgIpc) is 3.59. The van der Waals surface area contributed by atoms with Crippen molar-refractivity contribution in [2.24, 2.45) is 5.92 Å². The molecule has 0 radical (unpaired) electrons. The van der Waals surface area contributed by atoms with Crippen molar-refractivity contribution >= 4 is 39.0 Å². The number of ether oxygens (including phenoxy) is 2. The van der Waals surface area contributed by atoms with Gasteiger partial charge in [0.15, 0.2) is 0 Å². The number of nitrogens with zero attached hydrogens (tertiary/aromatic N) is 2. The molecule has 11 nitrogen and oxygen atoms in total. The van der Waals surface area contributed by atoms with Crippen molar-refractivity contribution in [1.82, 2.24) is 15.1 Å². The van der Waals surface area contributed by atoms with Gasteiger partial charge in [0.2, 0.25) is 0 Å². The molecule has 1 aliphatic carbocycles. The van der Waals surface area contributed by atoms with Crippen molar-refractivity contribution in [2.75, 3.05) is 38.1 Å². The van der Waals surface area contributed by atoms with Gasteiger partial charge < -0.3 is 29.7 Å². The number of benzene rings is 1. The van der Waals surface area contributed by atoms with Gasteiger partial charge in [0.05, 0.1) is 30.4 Å². The summed E-state index contributed by atoms with van der Waals surface area (Å²) in [7, 11) is -2.07. The second kappa shape index (κ2) is 16.8. The first-order valence-electron chi connectivity index (χ1n) is 16.4. The lowest BCUT2D eigenvalue weighted by atomic mass is 9.96. The van der Waals surface area contributed by atoms with E-state index in [1.165, 1.54) is 18.6 Å².